The summed E-state index contributed by atoms with van der Waals surface area (Å²) < 4.78 is 5.35. The predicted octanol–water partition coefficient (Wildman–Crippen LogP) is 1.23. The maximum Gasteiger partial charge on any atom is 0.312 e. The van der Waals surface area contributed by atoms with Gasteiger partial charge in [-0.3, -0.25) is 4.79 Å². The molecule has 0 saturated carbocycles. The molecule has 1 unspecified atom stereocenters. The first-order valence-electron chi connectivity index (χ1n) is 8.32. The molecule has 2 N–H and O–H groups in total. The highest BCUT2D eigenvalue weighted by Gasteiger charge is 2.42. The highest BCUT2D eigenvalue weighted by Crippen LogP contribution is 2.36. The van der Waals surface area contributed by atoms with E-state index < -0.39 is 11.5 Å². The average Bonchev–Trinajstić information content (AvgIpc) is 2.57. The number of aliphatic hydroxyl groups is 2. The smallest absolute Gasteiger partial charge is 0.312 e. The second-order valence-electron chi connectivity index (χ2n) is 6.30. The lowest BCUT2D eigenvalue weighted by molar-refractivity contribution is -0.158. The molecule has 0 amide bonds. The van der Waals surface area contributed by atoms with Crippen LogP contribution < -0.4 is 0 Å². The number of esters is 1. The zero-order valence-corrected chi connectivity index (χ0v) is 13.8. The molecule has 0 aromatic heterocycles. The number of piperidine rings is 1. The predicted molar refractivity (Wildman–Crippen MR) is 88.0 cm³/mol. The van der Waals surface area contributed by atoms with E-state index in [1.54, 1.807) is 0 Å². The van der Waals surface area contributed by atoms with E-state index in [4.69, 9.17) is 9.84 Å². The zero-order valence-electron chi connectivity index (χ0n) is 13.8. The van der Waals surface area contributed by atoms with E-state index in [0.29, 0.717) is 32.4 Å². The van der Waals surface area contributed by atoms with Crippen molar-refractivity contribution in [1.82, 2.24) is 4.90 Å². The van der Waals surface area contributed by atoms with Crippen LogP contribution in [-0.2, 0) is 16.0 Å². The molecule has 1 aromatic carbocycles. The van der Waals surface area contributed by atoms with Crippen LogP contribution in [0.2, 0.25) is 0 Å². The number of hydrogen-bond donors (Lipinski definition) is 2. The Kier molecular flexibility index (Phi) is 6.57. The summed E-state index contributed by atoms with van der Waals surface area (Å²) >= 11 is 0. The first kappa shape index (κ1) is 17.9. The highest BCUT2D eigenvalue weighted by atomic mass is 16.5. The SMILES string of the molecule is CCOC(=O)C1(Cc2ccccc2)CCN(CC(O)CO)CC1. The quantitative estimate of drug-likeness (QED) is 0.739. The Labute approximate surface area is 137 Å². The summed E-state index contributed by atoms with van der Waals surface area (Å²) in [5.74, 6) is -0.119. The lowest BCUT2D eigenvalue weighted by atomic mass is 9.73. The van der Waals surface area contributed by atoms with Crippen molar-refractivity contribution in [1.29, 1.82) is 0 Å². The Hall–Kier alpha value is -1.43. The molecular formula is C18H27NO4. The van der Waals surface area contributed by atoms with Gasteiger partial charge in [0.25, 0.3) is 0 Å². The largest absolute Gasteiger partial charge is 0.466 e. The molecule has 5 nitrogen and oxygen atoms in total. The minimum atomic E-state index is -0.723. The van der Waals surface area contributed by atoms with Crippen LogP contribution >= 0.6 is 0 Å². The molecule has 23 heavy (non-hydrogen) atoms. The number of ether oxygens (including phenoxy) is 1. The number of likely N-dealkylation sites (tertiary alicyclic amines) is 1. The van der Waals surface area contributed by atoms with Crippen molar-refractivity contribution in [2.24, 2.45) is 5.41 Å². The van der Waals surface area contributed by atoms with Crippen molar-refractivity contribution in [3.05, 3.63) is 35.9 Å². The lowest BCUT2D eigenvalue weighted by Crippen LogP contribution is -2.48. The van der Waals surface area contributed by atoms with Crippen LogP contribution in [0.5, 0.6) is 0 Å². The summed E-state index contributed by atoms with van der Waals surface area (Å²) in [5.41, 5.74) is 0.655. The summed E-state index contributed by atoms with van der Waals surface area (Å²) in [4.78, 5) is 14.7. The summed E-state index contributed by atoms with van der Waals surface area (Å²) in [6.45, 7) is 3.89. The van der Waals surface area contributed by atoms with Crippen molar-refractivity contribution in [3.63, 3.8) is 0 Å². The summed E-state index contributed by atoms with van der Waals surface area (Å²) in [7, 11) is 0. The number of rotatable bonds is 7. The third-order valence-electron chi connectivity index (χ3n) is 4.59. The number of aliphatic hydroxyl groups excluding tert-OH is 2. The minimum Gasteiger partial charge on any atom is -0.466 e. The van der Waals surface area contributed by atoms with E-state index in [-0.39, 0.29) is 12.6 Å². The van der Waals surface area contributed by atoms with Gasteiger partial charge in [0.15, 0.2) is 0 Å². The van der Waals surface area contributed by atoms with Crippen molar-refractivity contribution >= 4 is 5.97 Å². The summed E-state index contributed by atoms with van der Waals surface area (Å²) in [5, 5.41) is 18.6. The molecule has 0 spiro atoms. The molecule has 1 aromatic rings. The molecule has 1 atom stereocenters. The number of benzene rings is 1. The topological polar surface area (TPSA) is 70.0 Å². The standard InChI is InChI=1S/C18H27NO4/c1-2-23-17(22)18(12-15-6-4-3-5-7-15)8-10-19(11-9-18)13-16(21)14-20/h3-7,16,20-21H,2,8-14H2,1H3. The van der Waals surface area contributed by atoms with Crippen LogP contribution in [0.3, 0.4) is 0 Å². The van der Waals surface area contributed by atoms with Gasteiger partial charge in [0, 0.05) is 6.54 Å². The molecule has 0 radical (unpaired) electrons. The Morgan fingerprint density at radius 3 is 2.52 bits per heavy atom. The second kappa shape index (κ2) is 8.43. The fourth-order valence-electron chi connectivity index (χ4n) is 3.24. The molecule has 1 saturated heterocycles. The van der Waals surface area contributed by atoms with Crippen LogP contribution in [0, 0.1) is 5.41 Å². The molecule has 1 aliphatic heterocycles. The van der Waals surface area contributed by atoms with Crippen molar-refractivity contribution in [2.75, 3.05) is 32.8 Å². The fraction of sp³-hybridized carbons (Fsp3) is 0.611. The monoisotopic (exact) mass is 321 g/mol. The van der Waals surface area contributed by atoms with E-state index >= 15 is 0 Å². The van der Waals surface area contributed by atoms with Gasteiger partial charge in [0.2, 0.25) is 0 Å². The zero-order chi connectivity index (χ0) is 16.7. The van der Waals surface area contributed by atoms with Crippen LogP contribution in [0.25, 0.3) is 0 Å². The van der Waals surface area contributed by atoms with E-state index in [1.807, 2.05) is 37.3 Å². The summed E-state index contributed by atoms with van der Waals surface area (Å²) in [6.07, 6.45) is 1.38. The molecule has 0 aliphatic carbocycles. The van der Waals surface area contributed by atoms with Gasteiger partial charge in [0.1, 0.15) is 0 Å². The van der Waals surface area contributed by atoms with Gasteiger partial charge in [-0.2, -0.15) is 0 Å². The second-order valence-corrected chi connectivity index (χ2v) is 6.30. The van der Waals surface area contributed by atoms with E-state index in [1.165, 1.54) is 0 Å². The van der Waals surface area contributed by atoms with Gasteiger partial charge in [-0.25, -0.2) is 0 Å². The number of carbonyl (C=O) groups excluding carboxylic acids is 1. The van der Waals surface area contributed by atoms with Crippen molar-refractivity contribution in [2.45, 2.75) is 32.3 Å². The first-order chi connectivity index (χ1) is 11.1. The van der Waals surface area contributed by atoms with E-state index in [2.05, 4.69) is 4.90 Å². The summed E-state index contributed by atoms with van der Waals surface area (Å²) in [6, 6.07) is 10.0. The number of hydrogen-bond acceptors (Lipinski definition) is 5. The third-order valence-corrected chi connectivity index (χ3v) is 4.59. The molecular weight excluding hydrogens is 294 g/mol. The van der Waals surface area contributed by atoms with Gasteiger partial charge in [-0.15, -0.1) is 0 Å². The first-order valence-corrected chi connectivity index (χ1v) is 8.32. The number of nitrogens with zero attached hydrogens (tertiary/aromatic N) is 1. The van der Waals surface area contributed by atoms with Gasteiger partial charge < -0.3 is 19.8 Å². The number of carbonyl (C=O) groups is 1. The Bertz CT molecular complexity index is 483. The van der Waals surface area contributed by atoms with Crippen molar-refractivity contribution in [3.8, 4) is 0 Å². The maximum atomic E-state index is 12.6. The molecule has 5 heteroatoms. The van der Waals surface area contributed by atoms with Crippen LogP contribution in [0.4, 0.5) is 0 Å². The van der Waals surface area contributed by atoms with Gasteiger partial charge in [0.05, 0.1) is 24.7 Å². The van der Waals surface area contributed by atoms with Crippen LogP contribution in [0.1, 0.15) is 25.3 Å². The maximum absolute atomic E-state index is 12.6. The molecule has 2 rings (SSSR count). The lowest BCUT2D eigenvalue weighted by Gasteiger charge is -2.40. The van der Waals surface area contributed by atoms with E-state index in [9.17, 15) is 9.90 Å². The van der Waals surface area contributed by atoms with Crippen LogP contribution in [-0.4, -0.2) is 60.0 Å². The van der Waals surface area contributed by atoms with Gasteiger partial charge in [-0.05, 0) is 44.8 Å². The molecule has 128 valence electrons. The molecule has 0 bridgehead atoms. The normalized spacial score (nSPS) is 19.3. The molecule has 1 aliphatic rings. The fourth-order valence-corrected chi connectivity index (χ4v) is 3.24. The van der Waals surface area contributed by atoms with Gasteiger partial charge in [-0.1, -0.05) is 30.3 Å². The Balaban J connectivity index is 2.06. The Morgan fingerprint density at radius 1 is 1.30 bits per heavy atom. The van der Waals surface area contributed by atoms with Gasteiger partial charge >= 0.3 is 5.97 Å². The van der Waals surface area contributed by atoms with Crippen molar-refractivity contribution < 1.29 is 19.7 Å². The minimum absolute atomic E-state index is 0.119. The highest BCUT2D eigenvalue weighted by molar-refractivity contribution is 5.77. The van der Waals surface area contributed by atoms with E-state index in [0.717, 1.165) is 18.7 Å². The molecule has 1 fully saturated rings. The average molecular weight is 321 g/mol. The Morgan fingerprint density at radius 2 is 1.96 bits per heavy atom. The number of β-amino-alcohol motifs (C(OH)–C–C–N with tert-alkyl or cyclic N) is 1. The van der Waals surface area contributed by atoms with Crippen LogP contribution in [0.15, 0.2) is 30.3 Å². The third kappa shape index (κ3) is 4.77. The molecule has 1 heterocycles.